The van der Waals surface area contributed by atoms with Gasteiger partial charge in [0.15, 0.2) is 11.5 Å². The Balaban J connectivity index is 1.79. The average molecular weight is 327 g/mol. The number of anilines is 1. The van der Waals surface area contributed by atoms with Crippen LogP contribution < -0.4 is 5.73 Å². The van der Waals surface area contributed by atoms with Crippen LogP contribution in [0.3, 0.4) is 0 Å². The summed E-state index contributed by atoms with van der Waals surface area (Å²) in [5, 5.41) is 0. The minimum atomic E-state index is -4.14. The third-order valence-corrected chi connectivity index (χ3v) is 4.75. The zero-order valence-corrected chi connectivity index (χ0v) is 13.0. The molecule has 1 aliphatic carbocycles. The number of imidazole rings is 1. The molecule has 1 aliphatic rings. The summed E-state index contributed by atoms with van der Waals surface area (Å²) in [5.74, 6) is 0.332. The molecule has 3 rings (SSSR count). The van der Waals surface area contributed by atoms with Gasteiger partial charge in [-0.05, 0) is 19.8 Å². The summed E-state index contributed by atoms with van der Waals surface area (Å²) in [6.45, 7) is 2.31. The lowest BCUT2D eigenvalue weighted by atomic mass is 9.99. The molecule has 0 amide bonds. The molecule has 120 valence electrons. The Morgan fingerprint density at radius 2 is 2.18 bits per heavy atom. The second-order valence-electron chi connectivity index (χ2n) is 5.76. The van der Waals surface area contributed by atoms with Crippen LogP contribution in [0.25, 0.3) is 11.2 Å². The minimum absolute atomic E-state index is 0.0311. The third kappa shape index (κ3) is 2.85. The van der Waals surface area contributed by atoms with Crippen molar-refractivity contribution in [1.29, 1.82) is 0 Å². The van der Waals surface area contributed by atoms with Crippen molar-refractivity contribution in [2.24, 2.45) is 5.41 Å². The number of ether oxygens (including phenoxy) is 1. The van der Waals surface area contributed by atoms with Crippen LogP contribution in [0.2, 0.25) is 0 Å². The Hall–Kier alpha value is -1.54. The Bertz CT molecular complexity index is 738. The number of nitrogens with zero attached hydrogens (tertiary/aromatic N) is 4. The van der Waals surface area contributed by atoms with Crippen molar-refractivity contribution in [3.63, 3.8) is 0 Å². The Kier molecular flexibility index (Phi) is 3.68. The van der Waals surface area contributed by atoms with E-state index in [2.05, 4.69) is 15.0 Å². The molecule has 1 atom stereocenters. The Labute approximate surface area is 126 Å². The molecule has 9 nitrogen and oxygen atoms in total. The van der Waals surface area contributed by atoms with E-state index < -0.39 is 13.9 Å². The molecular weight excluding hydrogens is 309 g/mol. The van der Waals surface area contributed by atoms with Crippen LogP contribution in [0.4, 0.5) is 5.82 Å². The fourth-order valence-corrected chi connectivity index (χ4v) is 2.99. The summed E-state index contributed by atoms with van der Waals surface area (Å²) in [4.78, 5) is 30.1. The molecule has 2 heterocycles. The first-order chi connectivity index (χ1) is 10.3. The van der Waals surface area contributed by atoms with Crippen LogP contribution in [0.15, 0.2) is 12.7 Å². The molecule has 1 fully saturated rings. The van der Waals surface area contributed by atoms with Gasteiger partial charge in [-0.1, -0.05) is 0 Å². The molecule has 0 radical (unpaired) electrons. The summed E-state index contributed by atoms with van der Waals surface area (Å²) in [7, 11) is -4.14. The minimum Gasteiger partial charge on any atom is -0.382 e. The molecule has 0 aliphatic heterocycles. The second kappa shape index (κ2) is 5.27. The summed E-state index contributed by atoms with van der Waals surface area (Å²) >= 11 is 0. The van der Waals surface area contributed by atoms with Gasteiger partial charge in [0.05, 0.1) is 12.9 Å². The number of hydrogen-bond acceptors (Lipinski definition) is 6. The summed E-state index contributed by atoms with van der Waals surface area (Å²) < 4.78 is 18.0. The average Bonchev–Trinajstić information content (AvgIpc) is 3.08. The van der Waals surface area contributed by atoms with Crippen molar-refractivity contribution in [2.75, 3.05) is 18.7 Å². The van der Waals surface area contributed by atoms with E-state index in [4.69, 9.17) is 20.3 Å². The third-order valence-electron chi connectivity index (χ3n) is 4.23. The Morgan fingerprint density at radius 1 is 1.45 bits per heavy atom. The maximum atomic E-state index is 10.9. The summed E-state index contributed by atoms with van der Waals surface area (Å²) in [6.07, 6.45) is 4.36. The zero-order valence-electron chi connectivity index (χ0n) is 12.1. The summed E-state index contributed by atoms with van der Waals surface area (Å²) in [5.41, 5.74) is 6.84. The van der Waals surface area contributed by atoms with Gasteiger partial charge in [-0.3, -0.25) is 4.57 Å². The predicted molar refractivity (Wildman–Crippen MR) is 79.0 cm³/mol. The predicted octanol–water partition coefficient (Wildman–Crippen LogP) is 0.901. The van der Waals surface area contributed by atoms with E-state index in [1.54, 1.807) is 6.33 Å². The van der Waals surface area contributed by atoms with E-state index in [1.807, 2.05) is 11.5 Å². The van der Waals surface area contributed by atoms with Crippen LogP contribution in [-0.4, -0.2) is 42.3 Å². The maximum absolute atomic E-state index is 10.9. The van der Waals surface area contributed by atoms with Crippen LogP contribution in [0.1, 0.15) is 25.8 Å². The quantitative estimate of drug-likeness (QED) is 0.666. The number of hydrogen-bond donors (Lipinski definition) is 3. The van der Waals surface area contributed by atoms with E-state index in [-0.39, 0.29) is 11.5 Å². The molecule has 1 unspecified atom stereocenters. The van der Waals surface area contributed by atoms with E-state index in [0.29, 0.717) is 23.6 Å². The van der Waals surface area contributed by atoms with Crippen LogP contribution in [-0.2, 0) is 9.30 Å². The lowest BCUT2D eigenvalue weighted by Crippen LogP contribution is -2.23. The standard InChI is InChI=1S/C12H18N5O4P/c1-8(12(2-3-12)4-21-7-22(18,19)20)17-6-16-9-10(13)14-5-15-11(9)17/h5-6,8H,2-4,7H2,1H3,(H2,13,14,15)(H2,18,19,20). The highest BCUT2D eigenvalue weighted by atomic mass is 31.2. The van der Waals surface area contributed by atoms with E-state index in [0.717, 1.165) is 12.8 Å². The lowest BCUT2D eigenvalue weighted by molar-refractivity contribution is 0.0895. The SMILES string of the molecule is CC(n1cnc2c(N)ncnc21)C1(COCP(=O)(O)O)CC1. The van der Waals surface area contributed by atoms with Gasteiger partial charge < -0.3 is 24.8 Å². The lowest BCUT2D eigenvalue weighted by Gasteiger charge is -2.25. The fraction of sp³-hybridized carbons (Fsp3) is 0.583. The molecule has 0 spiro atoms. The molecular formula is C12H18N5O4P. The van der Waals surface area contributed by atoms with Gasteiger partial charge >= 0.3 is 7.60 Å². The van der Waals surface area contributed by atoms with Gasteiger partial charge in [0, 0.05) is 11.5 Å². The van der Waals surface area contributed by atoms with Crippen molar-refractivity contribution < 1.29 is 19.1 Å². The van der Waals surface area contributed by atoms with Crippen molar-refractivity contribution in [3.05, 3.63) is 12.7 Å². The smallest absolute Gasteiger partial charge is 0.350 e. The van der Waals surface area contributed by atoms with Crippen molar-refractivity contribution in [2.45, 2.75) is 25.8 Å². The fourth-order valence-electron chi connectivity index (χ4n) is 2.66. The molecule has 2 aromatic heterocycles. The van der Waals surface area contributed by atoms with Crippen molar-refractivity contribution >= 4 is 24.6 Å². The van der Waals surface area contributed by atoms with Gasteiger partial charge in [0.25, 0.3) is 0 Å². The normalized spacial score (nSPS) is 18.5. The molecule has 0 saturated heterocycles. The molecule has 2 aromatic rings. The van der Waals surface area contributed by atoms with Crippen LogP contribution in [0.5, 0.6) is 0 Å². The Morgan fingerprint density at radius 3 is 2.82 bits per heavy atom. The molecule has 0 aromatic carbocycles. The van der Waals surface area contributed by atoms with Crippen molar-refractivity contribution in [3.8, 4) is 0 Å². The van der Waals surface area contributed by atoms with Gasteiger partial charge in [-0.15, -0.1) is 0 Å². The van der Waals surface area contributed by atoms with E-state index in [9.17, 15) is 4.57 Å². The second-order valence-corrected chi connectivity index (χ2v) is 7.35. The van der Waals surface area contributed by atoms with Gasteiger partial charge in [0.2, 0.25) is 0 Å². The van der Waals surface area contributed by atoms with E-state index >= 15 is 0 Å². The zero-order chi connectivity index (χ0) is 16.0. The monoisotopic (exact) mass is 327 g/mol. The van der Waals surface area contributed by atoms with Crippen LogP contribution >= 0.6 is 7.60 Å². The molecule has 1 saturated carbocycles. The first-order valence-electron chi connectivity index (χ1n) is 6.88. The first kappa shape index (κ1) is 15.4. The summed E-state index contributed by atoms with van der Waals surface area (Å²) in [6, 6.07) is 0.0311. The molecule has 0 bridgehead atoms. The number of aromatic nitrogens is 4. The number of rotatable bonds is 6. The topological polar surface area (TPSA) is 136 Å². The molecule has 22 heavy (non-hydrogen) atoms. The highest BCUT2D eigenvalue weighted by Gasteiger charge is 2.49. The largest absolute Gasteiger partial charge is 0.382 e. The van der Waals surface area contributed by atoms with Gasteiger partial charge in [-0.25, -0.2) is 15.0 Å². The molecule has 4 N–H and O–H groups in total. The number of nitrogens with two attached hydrogens (primary N) is 1. The maximum Gasteiger partial charge on any atom is 0.350 e. The van der Waals surface area contributed by atoms with E-state index in [1.165, 1.54) is 6.33 Å². The van der Waals surface area contributed by atoms with Gasteiger partial charge in [-0.2, -0.15) is 0 Å². The van der Waals surface area contributed by atoms with Gasteiger partial charge in [0.1, 0.15) is 18.2 Å². The first-order valence-corrected chi connectivity index (χ1v) is 8.67. The highest BCUT2D eigenvalue weighted by Crippen LogP contribution is 2.55. The van der Waals surface area contributed by atoms with Crippen LogP contribution in [0, 0.1) is 5.41 Å². The highest BCUT2D eigenvalue weighted by molar-refractivity contribution is 7.51. The van der Waals surface area contributed by atoms with Crippen molar-refractivity contribution in [1.82, 2.24) is 19.5 Å². The number of nitrogen functional groups attached to an aromatic ring is 1. The molecule has 10 heteroatoms. The number of fused-ring (bicyclic) bond motifs is 1.